The number of benzene rings is 1. The average Bonchev–Trinajstić information content (AvgIpc) is 2.47. The Morgan fingerprint density at radius 3 is 2.71 bits per heavy atom. The number of hydrogen-bond donors (Lipinski definition) is 2. The second kappa shape index (κ2) is 7.48. The van der Waals surface area contributed by atoms with Gasteiger partial charge in [0.15, 0.2) is 0 Å². The molecule has 1 aromatic rings. The molecule has 0 radical (unpaired) electrons. The van der Waals surface area contributed by atoms with E-state index in [2.05, 4.69) is 42.7 Å². The summed E-state index contributed by atoms with van der Waals surface area (Å²) >= 11 is 0. The van der Waals surface area contributed by atoms with Gasteiger partial charge in [-0.15, -0.1) is 0 Å². The molecule has 1 aliphatic carbocycles. The molecule has 3 nitrogen and oxygen atoms in total. The molecule has 0 bridgehead atoms. The molecule has 116 valence electrons. The van der Waals surface area contributed by atoms with E-state index in [1.165, 1.54) is 30.4 Å². The molecule has 1 aromatic carbocycles. The molecular weight excluding hydrogens is 260 g/mol. The van der Waals surface area contributed by atoms with E-state index in [0.717, 1.165) is 25.1 Å². The molecule has 2 rings (SSSR count). The number of aryl methyl sites for hydroxylation is 1. The summed E-state index contributed by atoms with van der Waals surface area (Å²) < 4.78 is 0. The van der Waals surface area contributed by atoms with Crippen molar-refractivity contribution in [3.63, 3.8) is 0 Å². The Morgan fingerprint density at radius 1 is 1.19 bits per heavy atom. The summed E-state index contributed by atoms with van der Waals surface area (Å²) in [5, 5.41) is 6.41. The van der Waals surface area contributed by atoms with Gasteiger partial charge in [0.1, 0.15) is 6.04 Å². The Labute approximate surface area is 128 Å². The summed E-state index contributed by atoms with van der Waals surface area (Å²) in [6.45, 7) is 7.04. The quantitative estimate of drug-likeness (QED) is 0.841. The molecule has 0 heterocycles. The minimum absolute atomic E-state index is 0.0871. The number of hydrogen-bond acceptors (Lipinski definition) is 2. The van der Waals surface area contributed by atoms with Crippen LogP contribution >= 0.6 is 0 Å². The van der Waals surface area contributed by atoms with Crippen LogP contribution in [0.15, 0.2) is 18.2 Å². The van der Waals surface area contributed by atoms with Gasteiger partial charge in [-0.2, -0.15) is 0 Å². The van der Waals surface area contributed by atoms with Crippen LogP contribution < -0.4 is 10.6 Å². The summed E-state index contributed by atoms with van der Waals surface area (Å²) in [4.78, 5) is 12.1. The Morgan fingerprint density at radius 2 is 1.95 bits per heavy atom. The Kier molecular flexibility index (Phi) is 5.66. The lowest BCUT2D eigenvalue weighted by Crippen LogP contribution is -2.38. The van der Waals surface area contributed by atoms with Crippen molar-refractivity contribution in [3.05, 3.63) is 29.3 Å². The number of anilines is 1. The van der Waals surface area contributed by atoms with Crippen LogP contribution in [0.3, 0.4) is 0 Å². The van der Waals surface area contributed by atoms with E-state index in [0.29, 0.717) is 5.92 Å². The monoisotopic (exact) mass is 288 g/mol. The van der Waals surface area contributed by atoms with Crippen LogP contribution in [0.1, 0.15) is 51.2 Å². The number of fused-ring (bicyclic) bond motifs is 1. The van der Waals surface area contributed by atoms with Gasteiger partial charge in [0.05, 0.1) is 0 Å². The maximum absolute atomic E-state index is 12.1. The molecular formula is C18H28N2O. The fourth-order valence-electron chi connectivity index (χ4n) is 2.85. The van der Waals surface area contributed by atoms with Crippen LogP contribution in [0.25, 0.3) is 0 Å². The van der Waals surface area contributed by atoms with Crippen LogP contribution in [-0.4, -0.2) is 18.5 Å². The van der Waals surface area contributed by atoms with Crippen molar-refractivity contribution in [2.24, 2.45) is 5.92 Å². The first-order valence-electron chi connectivity index (χ1n) is 8.23. The highest BCUT2D eigenvalue weighted by Gasteiger charge is 2.17. The van der Waals surface area contributed by atoms with Gasteiger partial charge in [0.25, 0.3) is 0 Å². The number of nitrogens with one attached hydrogen (secondary N) is 2. The first-order valence-corrected chi connectivity index (χ1v) is 8.23. The summed E-state index contributed by atoms with van der Waals surface area (Å²) in [6.07, 6.45) is 5.85. The molecule has 1 atom stereocenters. The Bertz CT molecular complexity index is 482. The van der Waals surface area contributed by atoms with Crippen molar-refractivity contribution in [3.8, 4) is 0 Å². The molecule has 0 saturated carbocycles. The van der Waals surface area contributed by atoms with E-state index < -0.39 is 0 Å². The second-order valence-corrected chi connectivity index (χ2v) is 6.49. The third kappa shape index (κ3) is 4.48. The fraction of sp³-hybridized carbons (Fsp3) is 0.611. The van der Waals surface area contributed by atoms with Crippen LogP contribution in [-0.2, 0) is 17.6 Å². The third-order valence-corrected chi connectivity index (χ3v) is 4.18. The van der Waals surface area contributed by atoms with Crippen molar-refractivity contribution in [2.75, 3.05) is 11.9 Å². The zero-order chi connectivity index (χ0) is 15.2. The van der Waals surface area contributed by atoms with E-state index >= 15 is 0 Å². The summed E-state index contributed by atoms with van der Waals surface area (Å²) in [5.74, 6) is 0.707. The first-order chi connectivity index (χ1) is 10.1. The van der Waals surface area contributed by atoms with E-state index in [1.54, 1.807) is 0 Å². The summed E-state index contributed by atoms with van der Waals surface area (Å²) in [5.41, 5.74) is 3.99. The minimum Gasteiger partial charge on any atom is -0.374 e. The molecule has 0 aliphatic heterocycles. The SMILES string of the molecule is CC(C)CCNC(=O)C(C)Nc1cccc2c1CCCC2. The van der Waals surface area contributed by atoms with Gasteiger partial charge in [-0.1, -0.05) is 26.0 Å². The van der Waals surface area contributed by atoms with Crippen LogP contribution in [0.4, 0.5) is 5.69 Å². The predicted molar refractivity (Wildman–Crippen MR) is 88.6 cm³/mol. The van der Waals surface area contributed by atoms with Gasteiger partial charge in [-0.05, 0) is 62.1 Å². The third-order valence-electron chi connectivity index (χ3n) is 4.18. The number of carbonyl (C=O) groups is 1. The molecule has 0 spiro atoms. The van der Waals surface area contributed by atoms with E-state index in [4.69, 9.17) is 0 Å². The van der Waals surface area contributed by atoms with Gasteiger partial charge in [-0.25, -0.2) is 0 Å². The summed E-state index contributed by atoms with van der Waals surface area (Å²) in [7, 11) is 0. The normalized spacial score (nSPS) is 15.4. The maximum atomic E-state index is 12.1. The summed E-state index contributed by atoms with van der Waals surface area (Å²) in [6, 6.07) is 6.22. The van der Waals surface area contributed by atoms with E-state index in [1.807, 2.05) is 6.92 Å². The predicted octanol–water partition coefficient (Wildman–Crippen LogP) is 3.53. The van der Waals surface area contributed by atoms with Gasteiger partial charge in [0, 0.05) is 12.2 Å². The van der Waals surface area contributed by atoms with E-state index in [-0.39, 0.29) is 11.9 Å². The maximum Gasteiger partial charge on any atom is 0.242 e. The molecule has 2 N–H and O–H groups in total. The van der Waals surface area contributed by atoms with Crippen LogP contribution in [0.5, 0.6) is 0 Å². The molecule has 0 aromatic heterocycles. The fourth-order valence-corrected chi connectivity index (χ4v) is 2.85. The standard InChI is InChI=1S/C18H28N2O/c1-13(2)11-12-19-18(21)14(3)20-17-10-6-8-15-7-4-5-9-16(15)17/h6,8,10,13-14,20H,4-5,7,9,11-12H2,1-3H3,(H,19,21). The van der Waals surface area contributed by atoms with Gasteiger partial charge < -0.3 is 10.6 Å². The van der Waals surface area contributed by atoms with Crippen LogP contribution in [0.2, 0.25) is 0 Å². The zero-order valence-electron chi connectivity index (χ0n) is 13.5. The van der Waals surface area contributed by atoms with Crippen molar-refractivity contribution in [2.45, 2.75) is 58.9 Å². The molecule has 3 heteroatoms. The van der Waals surface area contributed by atoms with E-state index in [9.17, 15) is 4.79 Å². The highest BCUT2D eigenvalue weighted by molar-refractivity contribution is 5.84. The molecule has 0 saturated heterocycles. The van der Waals surface area contributed by atoms with Gasteiger partial charge in [-0.3, -0.25) is 4.79 Å². The van der Waals surface area contributed by atoms with Crippen molar-refractivity contribution in [1.29, 1.82) is 0 Å². The zero-order valence-corrected chi connectivity index (χ0v) is 13.5. The average molecular weight is 288 g/mol. The Balaban J connectivity index is 1.93. The molecule has 1 amide bonds. The lowest BCUT2D eigenvalue weighted by Gasteiger charge is -2.22. The smallest absolute Gasteiger partial charge is 0.242 e. The highest BCUT2D eigenvalue weighted by atomic mass is 16.2. The largest absolute Gasteiger partial charge is 0.374 e. The number of rotatable bonds is 6. The van der Waals surface area contributed by atoms with Crippen molar-refractivity contribution < 1.29 is 4.79 Å². The van der Waals surface area contributed by atoms with Gasteiger partial charge in [0.2, 0.25) is 5.91 Å². The molecule has 0 fully saturated rings. The lowest BCUT2D eigenvalue weighted by atomic mass is 9.90. The molecule has 21 heavy (non-hydrogen) atoms. The van der Waals surface area contributed by atoms with Crippen molar-refractivity contribution in [1.82, 2.24) is 5.32 Å². The molecule has 1 aliphatic rings. The molecule has 1 unspecified atom stereocenters. The second-order valence-electron chi connectivity index (χ2n) is 6.49. The topological polar surface area (TPSA) is 41.1 Å². The first kappa shape index (κ1) is 15.9. The number of amides is 1. The van der Waals surface area contributed by atoms with Crippen LogP contribution in [0, 0.1) is 5.92 Å². The van der Waals surface area contributed by atoms with Gasteiger partial charge >= 0.3 is 0 Å². The minimum atomic E-state index is -0.189. The Hall–Kier alpha value is -1.51. The van der Waals surface area contributed by atoms with Crippen molar-refractivity contribution >= 4 is 11.6 Å². The highest BCUT2D eigenvalue weighted by Crippen LogP contribution is 2.28. The lowest BCUT2D eigenvalue weighted by molar-refractivity contribution is -0.121. The number of carbonyl (C=O) groups excluding carboxylic acids is 1.